The highest BCUT2D eigenvalue weighted by Crippen LogP contribution is 2.35. The second-order valence-electron chi connectivity index (χ2n) is 8.46. The van der Waals surface area contributed by atoms with E-state index < -0.39 is 6.04 Å². The first-order chi connectivity index (χ1) is 15.5. The van der Waals surface area contributed by atoms with Crippen molar-refractivity contribution in [2.24, 2.45) is 11.8 Å². The standard InChI is InChI=1S/C25H33N3O4/c1-3-15-26-23(30)21(4-2)28(17-18-10-6-5-7-11-18)22(29)14-16-27-24(31)19-12-8-9-13-20(19)25(27)32/h5-11,19-21H,3-4,12-17H2,1-2H3,(H,26,30)/t19-,20+,21-/m0/s1. The van der Waals surface area contributed by atoms with Crippen LogP contribution in [-0.4, -0.2) is 52.6 Å². The Bertz CT molecular complexity index is 841. The lowest BCUT2D eigenvalue weighted by Crippen LogP contribution is -2.49. The monoisotopic (exact) mass is 439 g/mol. The second-order valence-corrected chi connectivity index (χ2v) is 8.46. The molecule has 0 aromatic heterocycles. The smallest absolute Gasteiger partial charge is 0.242 e. The first-order valence-electron chi connectivity index (χ1n) is 11.6. The highest BCUT2D eigenvalue weighted by molar-refractivity contribution is 6.05. The summed E-state index contributed by atoms with van der Waals surface area (Å²) in [5.41, 5.74) is 0.924. The van der Waals surface area contributed by atoms with Gasteiger partial charge in [-0.2, -0.15) is 0 Å². The summed E-state index contributed by atoms with van der Waals surface area (Å²) < 4.78 is 0. The van der Waals surface area contributed by atoms with Crippen LogP contribution in [0.5, 0.6) is 0 Å². The van der Waals surface area contributed by atoms with Crippen molar-refractivity contribution in [3.63, 3.8) is 0 Å². The van der Waals surface area contributed by atoms with E-state index in [4.69, 9.17) is 0 Å². The summed E-state index contributed by atoms with van der Waals surface area (Å²) in [5, 5.41) is 2.89. The largest absolute Gasteiger partial charge is 0.354 e. The van der Waals surface area contributed by atoms with Crippen LogP contribution in [0, 0.1) is 11.8 Å². The minimum absolute atomic E-state index is 0.00867. The fourth-order valence-electron chi connectivity index (χ4n) is 4.51. The number of carbonyl (C=O) groups is 4. The molecule has 1 fully saturated rings. The van der Waals surface area contributed by atoms with Crippen molar-refractivity contribution in [2.75, 3.05) is 13.1 Å². The first-order valence-corrected chi connectivity index (χ1v) is 11.6. The van der Waals surface area contributed by atoms with Gasteiger partial charge in [-0.25, -0.2) is 0 Å². The predicted octanol–water partition coefficient (Wildman–Crippen LogP) is 2.66. The minimum Gasteiger partial charge on any atom is -0.354 e. The van der Waals surface area contributed by atoms with E-state index >= 15 is 0 Å². The van der Waals surface area contributed by atoms with Crippen molar-refractivity contribution >= 4 is 23.6 Å². The molecule has 1 N–H and O–H groups in total. The fraction of sp³-hybridized carbons (Fsp3) is 0.520. The average molecular weight is 440 g/mol. The number of imide groups is 1. The van der Waals surface area contributed by atoms with E-state index in [2.05, 4.69) is 5.32 Å². The van der Waals surface area contributed by atoms with Crippen molar-refractivity contribution in [1.29, 1.82) is 0 Å². The van der Waals surface area contributed by atoms with Crippen LogP contribution in [0.15, 0.2) is 42.5 Å². The van der Waals surface area contributed by atoms with E-state index in [0.717, 1.165) is 12.0 Å². The molecule has 0 bridgehead atoms. The van der Waals surface area contributed by atoms with E-state index in [1.54, 1.807) is 4.90 Å². The summed E-state index contributed by atoms with van der Waals surface area (Å²) in [4.78, 5) is 54.3. The number of carbonyl (C=O) groups excluding carboxylic acids is 4. The zero-order valence-electron chi connectivity index (χ0n) is 19.0. The number of nitrogens with zero attached hydrogens (tertiary/aromatic N) is 2. The lowest BCUT2D eigenvalue weighted by molar-refractivity contribution is -0.144. The van der Waals surface area contributed by atoms with E-state index in [0.29, 0.717) is 32.4 Å². The Morgan fingerprint density at radius 1 is 1.06 bits per heavy atom. The zero-order valence-corrected chi connectivity index (χ0v) is 19.0. The molecule has 0 saturated carbocycles. The number of likely N-dealkylation sites (tertiary alicyclic amines) is 1. The number of hydrogen-bond donors (Lipinski definition) is 1. The van der Waals surface area contributed by atoms with Crippen molar-refractivity contribution in [1.82, 2.24) is 15.1 Å². The number of amides is 4. The fourth-order valence-corrected chi connectivity index (χ4v) is 4.51. The molecule has 1 aliphatic carbocycles. The van der Waals surface area contributed by atoms with Crippen LogP contribution >= 0.6 is 0 Å². The topological polar surface area (TPSA) is 86.8 Å². The third-order valence-corrected chi connectivity index (χ3v) is 6.28. The Morgan fingerprint density at radius 2 is 1.69 bits per heavy atom. The maximum absolute atomic E-state index is 13.3. The summed E-state index contributed by atoms with van der Waals surface area (Å²) in [6.45, 7) is 4.77. The van der Waals surface area contributed by atoms with Crippen molar-refractivity contribution < 1.29 is 19.2 Å². The summed E-state index contributed by atoms with van der Waals surface area (Å²) in [5.74, 6) is -1.37. The van der Waals surface area contributed by atoms with Crippen LogP contribution in [0.4, 0.5) is 0 Å². The number of allylic oxidation sites excluding steroid dienone is 2. The van der Waals surface area contributed by atoms with E-state index in [-0.39, 0.29) is 48.4 Å². The van der Waals surface area contributed by atoms with E-state index in [1.807, 2.05) is 56.3 Å². The molecule has 172 valence electrons. The van der Waals surface area contributed by atoms with Gasteiger partial charge in [-0.15, -0.1) is 0 Å². The summed E-state index contributed by atoms with van der Waals surface area (Å²) in [7, 11) is 0. The molecular weight excluding hydrogens is 406 g/mol. The Labute approximate surface area is 189 Å². The molecule has 1 aromatic rings. The highest BCUT2D eigenvalue weighted by Gasteiger charge is 2.47. The zero-order chi connectivity index (χ0) is 23.1. The van der Waals surface area contributed by atoms with Crippen LogP contribution in [0.1, 0.15) is 51.5 Å². The molecular formula is C25H33N3O4. The molecule has 1 aromatic carbocycles. The number of fused-ring (bicyclic) bond motifs is 1. The molecule has 3 rings (SSSR count). The number of rotatable bonds is 10. The van der Waals surface area contributed by atoms with E-state index in [9.17, 15) is 19.2 Å². The van der Waals surface area contributed by atoms with Gasteiger partial charge in [0.2, 0.25) is 23.6 Å². The van der Waals surface area contributed by atoms with Gasteiger partial charge in [-0.3, -0.25) is 24.1 Å². The maximum Gasteiger partial charge on any atom is 0.242 e. The minimum atomic E-state index is -0.606. The molecule has 0 unspecified atom stereocenters. The molecule has 7 heteroatoms. The summed E-state index contributed by atoms with van der Waals surface area (Å²) in [6, 6.07) is 8.93. The Hall–Kier alpha value is -2.96. The normalized spacial score (nSPS) is 20.8. The van der Waals surface area contributed by atoms with Gasteiger partial charge in [-0.05, 0) is 31.2 Å². The van der Waals surface area contributed by atoms with Crippen molar-refractivity contribution in [2.45, 2.75) is 58.5 Å². The Kier molecular flexibility index (Phi) is 8.20. The molecule has 0 spiro atoms. The molecule has 7 nitrogen and oxygen atoms in total. The summed E-state index contributed by atoms with van der Waals surface area (Å²) >= 11 is 0. The Morgan fingerprint density at radius 3 is 2.25 bits per heavy atom. The predicted molar refractivity (Wildman–Crippen MR) is 121 cm³/mol. The van der Waals surface area contributed by atoms with Gasteiger partial charge in [0.15, 0.2) is 0 Å². The molecule has 32 heavy (non-hydrogen) atoms. The van der Waals surface area contributed by atoms with Gasteiger partial charge in [0.1, 0.15) is 6.04 Å². The van der Waals surface area contributed by atoms with Crippen LogP contribution in [0.3, 0.4) is 0 Å². The molecule has 1 saturated heterocycles. The van der Waals surface area contributed by atoms with Crippen LogP contribution < -0.4 is 5.32 Å². The molecule has 0 radical (unpaired) electrons. The average Bonchev–Trinajstić information content (AvgIpc) is 3.06. The van der Waals surface area contributed by atoms with Crippen LogP contribution in [0.25, 0.3) is 0 Å². The van der Waals surface area contributed by atoms with Gasteiger partial charge in [0.05, 0.1) is 11.8 Å². The van der Waals surface area contributed by atoms with Crippen molar-refractivity contribution in [3.8, 4) is 0 Å². The maximum atomic E-state index is 13.3. The van der Waals surface area contributed by atoms with Gasteiger partial charge in [0, 0.05) is 26.1 Å². The molecule has 1 heterocycles. The number of nitrogens with one attached hydrogen (secondary N) is 1. The van der Waals surface area contributed by atoms with Gasteiger partial charge in [0.25, 0.3) is 0 Å². The van der Waals surface area contributed by atoms with Crippen LogP contribution in [-0.2, 0) is 25.7 Å². The SMILES string of the molecule is CCCNC(=O)[C@H](CC)N(Cc1ccccc1)C(=O)CCN1C(=O)[C@H]2CC=CC[C@H]2C1=O. The number of benzene rings is 1. The molecule has 1 aliphatic heterocycles. The molecule has 2 aliphatic rings. The lowest BCUT2D eigenvalue weighted by Gasteiger charge is -2.31. The molecule has 4 amide bonds. The quantitative estimate of drug-likeness (QED) is 0.449. The summed E-state index contributed by atoms with van der Waals surface area (Å²) in [6.07, 6.45) is 6.35. The van der Waals surface area contributed by atoms with Crippen LogP contribution in [0.2, 0.25) is 0 Å². The van der Waals surface area contributed by atoms with Gasteiger partial charge >= 0.3 is 0 Å². The number of hydrogen-bond acceptors (Lipinski definition) is 4. The first kappa shape index (κ1) is 23.7. The third-order valence-electron chi connectivity index (χ3n) is 6.28. The molecule has 3 atom stereocenters. The van der Waals surface area contributed by atoms with Gasteiger partial charge in [-0.1, -0.05) is 56.3 Å². The third kappa shape index (κ3) is 5.26. The highest BCUT2D eigenvalue weighted by atomic mass is 16.2. The van der Waals surface area contributed by atoms with E-state index in [1.165, 1.54) is 4.90 Å². The lowest BCUT2D eigenvalue weighted by atomic mass is 9.85. The van der Waals surface area contributed by atoms with Gasteiger partial charge < -0.3 is 10.2 Å². The Balaban J connectivity index is 1.72. The van der Waals surface area contributed by atoms with Crippen molar-refractivity contribution in [3.05, 3.63) is 48.0 Å². The second kappa shape index (κ2) is 11.1.